The van der Waals surface area contributed by atoms with Crippen LogP contribution in [0.4, 0.5) is 17.1 Å². The smallest absolute Gasteiger partial charge is 0.297 e. The van der Waals surface area contributed by atoms with Gasteiger partial charge < -0.3 is 10.8 Å². The van der Waals surface area contributed by atoms with E-state index in [0.29, 0.717) is 6.07 Å². The molecule has 0 fully saturated rings. The molecule has 4 aromatic rings. The summed E-state index contributed by atoms with van der Waals surface area (Å²) in [6.45, 7) is 0. The number of aromatic hydroxyl groups is 1. The van der Waals surface area contributed by atoms with E-state index in [4.69, 9.17) is 5.73 Å². The summed E-state index contributed by atoms with van der Waals surface area (Å²) in [6, 6.07) is 7.04. The van der Waals surface area contributed by atoms with Gasteiger partial charge in [-0.1, -0.05) is 18.2 Å². The maximum atomic E-state index is 12.2. The first kappa shape index (κ1) is 29.2. The lowest BCUT2D eigenvalue weighted by molar-refractivity contribution is 0.472. The van der Waals surface area contributed by atoms with Gasteiger partial charge in [0.15, 0.2) is 5.75 Å². The maximum Gasteiger partial charge on any atom is 0.297 e. The second-order valence-electron chi connectivity index (χ2n) is 8.05. The fourth-order valence-corrected chi connectivity index (χ4v) is 6.65. The summed E-state index contributed by atoms with van der Waals surface area (Å²) in [6.07, 6.45) is 0. The van der Waals surface area contributed by atoms with Gasteiger partial charge in [0.2, 0.25) is 0 Å². The number of nitrogens with two attached hydrogens (primary N) is 1. The third-order valence-electron chi connectivity index (χ3n) is 5.47. The third kappa shape index (κ3) is 5.33. The third-order valence-corrected chi connectivity index (χ3v) is 9.03. The first-order chi connectivity index (χ1) is 18.2. The lowest BCUT2D eigenvalue weighted by atomic mass is 10.1. The number of fused-ring (bicyclic) bond motifs is 2. The van der Waals surface area contributed by atoms with Crippen molar-refractivity contribution < 1.29 is 57.0 Å². The molecule has 0 amide bonds. The van der Waals surface area contributed by atoms with Crippen LogP contribution in [-0.4, -0.2) is 57.0 Å². The fraction of sp³-hybridized carbons (Fsp3) is 0. The van der Waals surface area contributed by atoms with Gasteiger partial charge in [-0.2, -0.15) is 33.7 Å². The number of nitrogen functional groups attached to an aromatic ring is 1. The Morgan fingerprint density at radius 3 is 1.82 bits per heavy atom. The number of nitrogens with zero attached hydrogens (tertiary/aromatic N) is 2. The Hall–Kier alpha value is -3.76. The van der Waals surface area contributed by atoms with Crippen LogP contribution >= 0.6 is 0 Å². The number of phenolic OH excluding ortho intramolecular Hbond substituents is 1. The molecule has 0 aliphatic carbocycles. The molecule has 0 unspecified atom stereocenters. The lowest BCUT2D eigenvalue weighted by Gasteiger charge is -2.12. The standard InChI is InChI=1S/C20H15N3O13S4/c21-13-8-10(37(25,26)27)6-9-7-16(39(31,32)33)18(19(24)17(9)13)23-22-14-5-4-11-12(20(14)40(34,35)36)2-1-3-15(11)38(28,29)30/h1-8,24H,21H2,(H,25,26,27)(H,28,29,30)(H,31,32,33)(H,34,35,36). The predicted molar refractivity (Wildman–Crippen MR) is 137 cm³/mol. The Balaban J connectivity index is 2.06. The quantitative estimate of drug-likeness (QED) is 0.101. The Morgan fingerprint density at radius 2 is 1.27 bits per heavy atom. The molecule has 7 N–H and O–H groups in total. The van der Waals surface area contributed by atoms with Crippen molar-refractivity contribution in [2.45, 2.75) is 19.6 Å². The highest BCUT2D eigenvalue weighted by atomic mass is 32.2. The molecule has 0 aliphatic heterocycles. The Kier molecular flexibility index (Phi) is 6.88. The first-order valence-corrected chi connectivity index (χ1v) is 15.9. The number of hydrogen-bond acceptors (Lipinski definition) is 12. The van der Waals surface area contributed by atoms with Crippen molar-refractivity contribution in [3.05, 3.63) is 48.5 Å². The van der Waals surface area contributed by atoms with Gasteiger partial charge in [0, 0.05) is 21.8 Å². The van der Waals surface area contributed by atoms with E-state index in [1.807, 2.05) is 0 Å². The van der Waals surface area contributed by atoms with E-state index in [2.05, 4.69) is 10.2 Å². The average Bonchev–Trinajstić information content (AvgIpc) is 2.79. The molecule has 0 saturated heterocycles. The zero-order valence-corrected chi connectivity index (χ0v) is 22.5. The van der Waals surface area contributed by atoms with Gasteiger partial charge in [-0.15, -0.1) is 10.2 Å². The molecule has 0 atom stereocenters. The molecule has 0 bridgehead atoms. The molecule has 40 heavy (non-hydrogen) atoms. The van der Waals surface area contributed by atoms with Gasteiger partial charge >= 0.3 is 0 Å². The molecule has 0 radical (unpaired) electrons. The molecule has 0 spiro atoms. The van der Waals surface area contributed by atoms with Gasteiger partial charge in [0.1, 0.15) is 26.1 Å². The molecule has 212 valence electrons. The Labute approximate surface area is 225 Å². The molecule has 20 heteroatoms. The molecule has 4 aromatic carbocycles. The SMILES string of the molecule is Nc1cc(S(=O)(=O)O)cc2cc(S(=O)(=O)O)c(N=Nc3ccc4c(S(=O)(=O)O)cccc4c3S(=O)(=O)O)c(O)c12. The minimum absolute atomic E-state index is 0.342. The van der Waals surface area contributed by atoms with Crippen LogP contribution in [0.5, 0.6) is 5.75 Å². The summed E-state index contributed by atoms with van der Waals surface area (Å²) >= 11 is 0. The van der Waals surface area contributed by atoms with Gasteiger partial charge in [-0.05, 0) is 35.7 Å². The van der Waals surface area contributed by atoms with E-state index in [0.717, 1.165) is 42.5 Å². The molecule has 16 nitrogen and oxygen atoms in total. The highest BCUT2D eigenvalue weighted by Crippen LogP contribution is 2.45. The Bertz CT molecular complexity index is 2230. The second-order valence-corrected chi connectivity index (χ2v) is 13.6. The van der Waals surface area contributed by atoms with Gasteiger partial charge in [-0.25, -0.2) is 0 Å². The number of rotatable bonds is 6. The highest BCUT2D eigenvalue weighted by molar-refractivity contribution is 7.87. The van der Waals surface area contributed by atoms with Crippen LogP contribution in [0.3, 0.4) is 0 Å². The Morgan fingerprint density at radius 1 is 0.650 bits per heavy atom. The first-order valence-electron chi connectivity index (χ1n) is 10.2. The molecule has 0 saturated carbocycles. The van der Waals surface area contributed by atoms with E-state index in [9.17, 15) is 57.0 Å². The van der Waals surface area contributed by atoms with Crippen LogP contribution in [0.15, 0.2) is 78.3 Å². The van der Waals surface area contributed by atoms with Crippen molar-refractivity contribution in [2.24, 2.45) is 10.2 Å². The number of phenols is 1. The van der Waals surface area contributed by atoms with Crippen molar-refractivity contribution in [1.29, 1.82) is 0 Å². The number of benzene rings is 4. The molecular weight excluding hydrogens is 618 g/mol. The second kappa shape index (κ2) is 9.42. The van der Waals surface area contributed by atoms with Crippen molar-refractivity contribution in [2.75, 3.05) is 5.73 Å². The highest BCUT2D eigenvalue weighted by Gasteiger charge is 2.26. The van der Waals surface area contributed by atoms with E-state index >= 15 is 0 Å². The largest absolute Gasteiger partial charge is 0.505 e. The lowest BCUT2D eigenvalue weighted by Crippen LogP contribution is -2.03. The van der Waals surface area contributed by atoms with Crippen LogP contribution in [0.25, 0.3) is 21.5 Å². The normalized spacial score (nSPS) is 13.4. The fourth-order valence-electron chi connectivity index (χ4n) is 3.90. The molecule has 0 aliphatic rings. The average molecular weight is 634 g/mol. The molecule has 4 rings (SSSR count). The minimum atomic E-state index is -5.24. The van der Waals surface area contributed by atoms with Crippen LogP contribution in [0.2, 0.25) is 0 Å². The number of azo groups is 1. The predicted octanol–water partition coefficient (Wildman–Crippen LogP) is 2.68. The van der Waals surface area contributed by atoms with Crippen LogP contribution in [-0.2, 0) is 40.5 Å². The summed E-state index contributed by atoms with van der Waals surface area (Å²) in [5, 5.41) is 16.3. The maximum absolute atomic E-state index is 12.2. The van der Waals surface area contributed by atoms with Crippen LogP contribution < -0.4 is 5.73 Å². The summed E-state index contributed by atoms with van der Waals surface area (Å²) in [5.41, 5.74) is 3.61. The topological polar surface area (TPSA) is 288 Å². The van der Waals surface area contributed by atoms with Crippen LogP contribution in [0.1, 0.15) is 0 Å². The van der Waals surface area contributed by atoms with E-state index in [1.54, 1.807) is 0 Å². The van der Waals surface area contributed by atoms with Crippen molar-refractivity contribution in [1.82, 2.24) is 0 Å². The minimum Gasteiger partial charge on any atom is -0.505 e. The van der Waals surface area contributed by atoms with Gasteiger partial charge in [0.05, 0.1) is 4.90 Å². The summed E-state index contributed by atoms with van der Waals surface area (Å²) in [4.78, 5) is -3.63. The zero-order chi connectivity index (χ0) is 30.0. The van der Waals surface area contributed by atoms with Crippen molar-refractivity contribution in [3.63, 3.8) is 0 Å². The van der Waals surface area contributed by atoms with E-state index < -0.39 is 88.3 Å². The van der Waals surface area contributed by atoms with Gasteiger partial charge in [-0.3, -0.25) is 18.2 Å². The van der Waals surface area contributed by atoms with Crippen molar-refractivity contribution >= 4 is 79.1 Å². The monoisotopic (exact) mass is 633 g/mol. The van der Waals surface area contributed by atoms with E-state index in [1.165, 1.54) is 0 Å². The number of hydrogen-bond donors (Lipinski definition) is 6. The molecule has 0 aromatic heterocycles. The number of anilines is 1. The van der Waals surface area contributed by atoms with Crippen LogP contribution in [0, 0.1) is 0 Å². The van der Waals surface area contributed by atoms with Gasteiger partial charge in [0.25, 0.3) is 40.5 Å². The summed E-state index contributed by atoms with van der Waals surface area (Å²) in [7, 11) is -20.1. The summed E-state index contributed by atoms with van der Waals surface area (Å²) in [5.74, 6) is -1.06. The zero-order valence-electron chi connectivity index (χ0n) is 19.2. The molecular formula is C20H15N3O13S4. The van der Waals surface area contributed by atoms with Crippen molar-refractivity contribution in [3.8, 4) is 5.75 Å². The molecule has 0 heterocycles. The summed E-state index contributed by atoms with van der Waals surface area (Å²) < 4.78 is 133. The van der Waals surface area contributed by atoms with E-state index in [-0.39, 0.29) is 16.2 Å².